The second-order valence-corrected chi connectivity index (χ2v) is 4.85. The number of hydrogen-bond acceptors (Lipinski definition) is 2. The van der Waals surface area contributed by atoms with E-state index >= 15 is 0 Å². The first-order valence-corrected chi connectivity index (χ1v) is 6.85. The van der Waals surface area contributed by atoms with Gasteiger partial charge in [-0.3, -0.25) is 0 Å². The van der Waals surface area contributed by atoms with E-state index in [0.29, 0.717) is 28.0 Å². The summed E-state index contributed by atoms with van der Waals surface area (Å²) in [7, 11) is 1.54. The number of benzene rings is 2. The van der Waals surface area contributed by atoms with E-state index in [2.05, 4.69) is 0 Å². The van der Waals surface area contributed by atoms with Crippen LogP contribution in [-0.2, 0) is 12.5 Å². The van der Waals surface area contributed by atoms with Crippen LogP contribution in [0.5, 0.6) is 11.5 Å². The number of methoxy groups -OCH3 is 1. The zero-order valence-corrected chi connectivity index (χ0v) is 12.3. The van der Waals surface area contributed by atoms with Gasteiger partial charge in [0.2, 0.25) is 0 Å². The Morgan fingerprint density at radius 3 is 2.60 bits per heavy atom. The van der Waals surface area contributed by atoms with Gasteiger partial charge < -0.3 is 9.47 Å². The van der Waals surface area contributed by atoms with Crippen LogP contribution >= 0.6 is 23.2 Å². The summed E-state index contributed by atoms with van der Waals surface area (Å²) in [6, 6.07) is 9.73. The largest absolute Gasteiger partial charge is 0.493 e. The molecule has 2 aromatic carbocycles. The van der Waals surface area contributed by atoms with Crippen molar-refractivity contribution in [1.82, 2.24) is 0 Å². The first-order chi connectivity index (χ1) is 9.63. The molecular formula is C15H13Cl2FO2. The van der Waals surface area contributed by atoms with Gasteiger partial charge in [0.15, 0.2) is 11.5 Å². The predicted octanol–water partition coefficient (Wildman–Crippen LogP) is 4.81. The number of ether oxygens (including phenoxy) is 2. The summed E-state index contributed by atoms with van der Waals surface area (Å²) < 4.78 is 24.4. The van der Waals surface area contributed by atoms with Crippen LogP contribution in [0.3, 0.4) is 0 Å². The topological polar surface area (TPSA) is 18.5 Å². The lowest BCUT2D eigenvalue weighted by Crippen LogP contribution is -2.00. The molecule has 0 bridgehead atoms. The monoisotopic (exact) mass is 314 g/mol. The van der Waals surface area contributed by atoms with Gasteiger partial charge in [0.1, 0.15) is 12.4 Å². The molecule has 0 spiro atoms. The molecule has 0 heterocycles. The van der Waals surface area contributed by atoms with Gasteiger partial charge in [-0.1, -0.05) is 17.7 Å². The summed E-state index contributed by atoms with van der Waals surface area (Å²) in [5, 5.41) is 0.464. The summed E-state index contributed by atoms with van der Waals surface area (Å²) in [5.74, 6) is 1.10. The molecule has 0 aliphatic heterocycles. The average Bonchev–Trinajstić information content (AvgIpc) is 2.47. The van der Waals surface area contributed by atoms with Gasteiger partial charge >= 0.3 is 0 Å². The minimum atomic E-state index is -0.359. The van der Waals surface area contributed by atoms with Crippen molar-refractivity contribution in [2.24, 2.45) is 0 Å². The van der Waals surface area contributed by atoms with Gasteiger partial charge in [-0.15, -0.1) is 11.6 Å². The van der Waals surface area contributed by atoms with Crippen molar-refractivity contribution < 1.29 is 13.9 Å². The molecule has 0 aromatic heterocycles. The van der Waals surface area contributed by atoms with Crippen LogP contribution in [0.25, 0.3) is 0 Å². The Balaban J connectivity index is 2.19. The summed E-state index contributed by atoms with van der Waals surface area (Å²) in [4.78, 5) is 0. The van der Waals surface area contributed by atoms with Crippen LogP contribution in [0.15, 0.2) is 36.4 Å². The van der Waals surface area contributed by atoms with E-state index in [-0.39, 0.29) is 12.4 Å². The normalized spacial score (nSPS) is 10.4. The number of hydrogen-bond donors (Lipinski definition) is 0. The van der Waals surface area contributed by atoms with Crippen LogP contribution in [0.1, 0.15) is 11.1 Å². The van der Waals surface area contributed by atoms with Crippen molar-refractivity contribution in [3.63, 3.8) is 0 Å². The first-order valence-electron chi connectivity index (χ1n) is 5.93. The maximum Gasteiger partial charge on any atom is 0.161 e. The van der Waals surface area contributed by atoms with Crippen LogP contribution in [0, 0.1) is 5.82 Å². The van der Waals surface area contributed by atoms with Gasteiger partial charge in [-0.05, 0) is 35.9 Å². The van der Waals surface area contributed by atoms with Crippen LogP contribution in [-0.4, -0.2) is 7.11 Å². The fourth-order valence-corrected chi connectivity index (χ4v) is 2.09. The third-order valence-electron chi connectivity index (χ3n) is 2.77. The molecule has 0 fully saturated rings. The van der Waals surface area contributed by atoms with Crippen molar-refractivity contribution in [3.05, 3.63) is 58.4 Å². The summed E-state index contributed by atoms with van der Waals surface area (Å²) >= 11 is 11.6. The second-order valence-electron chi connectivity index (χ2n) is 4.14. The van der Waals surface area contributed by atoms with E-state index < -0.39 is 0 Å². The van der Waals surface area contributed by atoms with E-state index in [9.17, 15) is 4.39 Å². The standard InChI is InChI=1S/C15H13Cl2FO2/c1-19-14-5-2-10(8-16)6-15(14)20-9-11-7-12(17)3-4-13(11)18/h2-7H,8-9H2,1H3. The molecule has 2 aromatic rings. The van der Waals surface area contributed by atoms with Crippen molar-refractivity contribution in [3.8, 4) is 11.5 Å². The molecule has 2 rings (SSSR count). The highest BCUT2D eigenvalue weighted by atomic mass is 35.5. The third kappa shape index (κ3) is 3.56. The van der Waals surface area contributed by atoms with Crippen molar-refractivity contribution in [2.45, 2.75) is 12.5 Å². The molecule has 0 aliphatic rings. The Labute approximate surface area is 127 Å². The van der Waals surface area contributed by atoms with Gasteiger partial charge in [-0.2, -0.15) is 0 Å². The summed E-state index contributed by atoms with van der Waals surface area (Å²) in [5.41, 5.74) is 1.28. The SMILES string of the molecule is COc1ccc(CCl)cc1OCc1cc(Cl)ccc1F. The van der Waals surface area contributed by atoms with Gasteiger partial charge in [0, 0.05) is 16.5 Å². The second kappa shape index (κ2) is 6.82. The Morgan fingerprint density at radius 1 is 1.10 bits per heavy atom. The lowest BCUT2D eigenvalue weighted by atomic mass is 10.2. The van der Waals surface area contributed by atoms with E-state index in [0.717, 1.165) is 5.56 Å². The molecular weight excluding hydrogens is 302 g/mol. The molecule has 106 valence electrons. The van der Waals surface area contributed by atoms with Gasteiger partial charge in [0.05, 0.1) is 7.11 Å². The fourth-order valence-electron chi connectivity index (χ4n) is 1.73. The fraction of sp³-hybridized carbons (Fsp3) is 0.200. The molecule has 0 saturated carbocycles. The third-order valence-corrected chi connectivity index (χ3v) is 3.32. The lowest BCUT2D eigenvalue weighted by Gasteiger charge is -2.12. The highest BCUT2D eigenvalue weighted by Gasteiger charge is 2.08. The highest BCUT2D eigenvalue weighted by molar-refractivity contribution is 6.30. The minimum absolute atomic E-state index is 0.0640. The molecule has 20 heavy (non-hydrogen) atoms. The maximum absolute atomic E-state index is 13.6. The van der Waals surface area contributed by atoms with E-state index in [1.165, 1.54) is 18.2 Å². The van der Waals surface area contributed by atoms with Crippen molar-refractivity contribution >= 4 is 23.2 Å². The highest BCUT2D eigenvalue weighted by Crippen LogP contribution is 2.29. The zero-order valence-electron chi connectivity index (χ0n) is 10.8. The number of rotatable bonds is 5. The Kier molecular flexibility index (Phi) is 5.10. The first kappa shape index (κ1) is 14.9. The molecule has 0 amide bonds. The molecule has 0 aliphatic carbocycles. The number of alkyl halides is 1. The molecule has 0 unspecified atom stereocenters. The summed E-state index contributed by atoms with van der Waals surface area (Å²) in [6.45, 7) is 0.0640. The number of halogens is 3. The van der Waals surface area contributed by atoms with Crippen LogP contribution in [0.4, 0.5) is 4.39 Å². The van der Waals surface area contributed by atoms with E-state index in [4.69, 9.17) is 32.7 Å². The van der Waals surface area contributed by atoms with Crippen LogP contribution in [0.2, 0.25) is 5.02 Å². The maximum atomic E-state index is 13.6. The predicted molar refractivity (Wildman–Crippen MR) is 78.3 cm³/mol. The molecule has 0 atom stereocenters. The smallest absolute Gasteiger partial charge is 0.161 e. The van der Waals surface area contributed by atoms with Crippen LogP contribution < -0.4 is 9.47 Å². The van der Waals surface area contributed by atoms with E-state index in [1.54, 1.807) is 19.2 Å². The van der Waals surface area contributed by atoms with Crippen molar-refractivity contribution in [2.75, 3.05) is 7.11 Å². The molecule has 0 saturated heterocycles. The average molecular weight is 315 g/mol. The van der Waals surface area contributed by atoms with Crippen molar-refractivity contribution in [1.29, 1.82) is 0 Å². The lowest BCUT2D eigenvalue weighted by molar-refractivity contribution is 0.279. The zero-order chi connectivity index (χ0) is 14.5. The Bertz CT molecular complexity index is 602. The molecule has 0 N–H and O–H groups in total. The Hall–Kier alpha value is -1.45. The van der Waals surface area contributed by atoms with Gasteiger partial charge in [0.25, 0.3) is 0 Å². The Morgan fingerprint density at radius 2 is 1.90 bits per heavy atom. The molecule has 2 nitrogen and oxygen atoms in total. The summed E-state index contributed by atoms with van der Waals surface area (Å²) in [6.07, 6.45) is 0. The quantitative estimate of drug-likeness (QED) is 0.738. The van der Waals surface area contributed by atoms with Gasteiger partial charge in [-0.25, -0.2) is 4.39 Å². The molecule has 5 heteroatoms. The minimum Gasteiger partial charge on any atom is -0.493 e. The molecule has 0 radical (unpaired) electrons. The van der Waals surface area contributed by atoms with E-state index in [1.807, 2.05) is 6.07 Å².